The van der Waals surface area contributed by atoms with Gasteiger partial charge in [0, 0.05) is 39.3 Å². The van der Waals surface area contributed by atoms with E-state index in [2.05, 4.69) is 20.5 Å². The monoisotopic (exact) mass is 566 g/mol. The highest BCUT2D eigenvalue weighted by Gasteiger charge is 2.30. The highest BCUT2D eigenvalue weighted by atomic mass is 127. The molecule has 2 aromatic rings. The molecule has 3 N–H and O–H groups in total. The third-order valence-electron chi connectivity index (χ3n) is 5.28. The number of hydrogen-bond donors (Lipinski definition) is 3. The molecule has 0 aromatic heterocycles. The number of phenolic OH excluding ortho intramolecular Hbond substituents is 1. The van der Waals surface area contributed by atoms with Crippen LogP contribution in [-0.2, 0) is 19.3 Å². The number of nitrogens with zero attached hydrogens (tertiary/aromatic N) is 2. The Morgan fingerprint density at radius 3 is 2.47 bits per heavy atom. The minimum absolute atomic E-state index is 0. The van der Waals surface area contributed by atoms with E-state index in [1.165, 1.54) is 24.3 Å². The van der Waals surface area contributed by atoms with Crippen molar-refractivity contribution < 1.29 is 22.7 Å². The second kappa shape index (κ2) is 11.7. The Hall–Kier alpha value is -2.08. The number of aromatic hydroxyl groups is 1. The van der Waals surface area contributed by atoms with Crippen molar-refractivity contribution in [1.29, 1.82) is 0 Å². The van der Waals surface area contributed by atoms with Gasteiger partial charge in [0.05, 0.1) is 5.56 Å². The van der Waals surface area contributed by atoms with Crippen molar-refractivity contribution >= 4 is 29.9 Å². The topological polar surface area (TPSA) is 59.9 Å². The van der Waals surface area contributed by atoms with E-state index in [1.54, 1.807) is 19.2 Å². The van der Waals surface area contributed by atoms with Crippen LogP contribution in [0.15, 0.2) is 47.5 Å². The van der Waals surface area contributed by atoms with E-state index < -0.39 is 17.6 Å². The maximum absolute atomic E-state index is 13.4. The van der Waals surface area contributed by atoms with E-state index in [4.69, 9.17) is 0 Å². The van der Waals surface area contributed by atoms with Gasteiger partial charge in [-0.1, -0.05) is 24.3 Å². The standard InChI is InChI=1S/C22H26F4N4O.HI/c1-27-21(28-13-15-5-6-20(31)19(23)12-15)29-18-7-9-30(10-8-18)14-16-3-2-4-17(11-16)22(24,25)26;/h2-6,11-12,18,31H,7-10,13-14H2,1H3,(H2,27,28,29);1H. The maximum Gasteiger partial charge on any atom is 0.416 e. The van der Waals surface area contributed by atoms with Crippen molar-refractivity contribution in [3.8, 4) is 5.75 Å². The van der Waals surface area contributed by atoms with Crippen LogP contribution in [-0.4, -0.2) is 42.1 Å². The second-order valence-corrected chi connectivity index (χ2v) is 7.60. The maximum atomic E-state index is 13.4. The van der Waals surface area contributed by atoms with Gasteiger partial charge in [-0.15, -0.1) is 24.0 Å². The Balaban J connectivity index is 0.00000363. The number of likely N-dealkylation sites (tertiary alicyclic amines) is 1. The molecule has 1 aliphatic heterocycles. The van der Waals surface area contributed by atoms with Gasteiger partial charge in [0.1, 0.15) is 0 Å². The molecule has 176 valence electrons. The second-order valence-electron chi connectivity index (χ2n) is 7.60. The molecule has 1 heterocycles. The molecule has 1 aliphatic rings. The molecule has 0 spiro atoms. The Morgan fingerprint density at radius 1 is 1.12 bits per heavy atom. The van der Waals surface area contributed by atoms with Gasteiger partial charge >= 0.3 is 6.18 Å². The summed E-state index contributed by atoms with van der Waals surface area (Å²) >= 11 is 0. The van der Waals surface area contributed by atoms with Gasteiger partial charge in [-0.05, 0) is 42.2 Å². The normalized spacial score (nSPS) is 15.8. The minimum atomic E-state index is -4.33. The molecule has 32 heavy (non-hydrogen) atoms. The molecule has 2 aromatic carbocycles. The first-order valence-corrected chi connectivity index (χ1v) is 10.1. The molecule has 0 aliphatic carbocycles. The molecule has 0 unspecified atom stereocenters. The van der Waals surface area contributed by atoms with Crippen molar-refractivity contribution in [3.63, 3.8) is 0 Å². The van der Waals surface area contributed by atoms with Crippen LogP contribution in [0.3, 0.4) is 0 Å². The van der Waals surface area contributed by atoms with Crippen LogP contribution in [0.4, 0.5) is 17.6 Å². The molecule has 0 radical (unpaired) electrons. The number of phenols is 1. The van der Waals surface area contributed by atoms with Gasteiger partial charge in [-0.2, -0.15) is 13.2 Å². The molecule has 0 bridgehead atoms. The zero-order valence-electron chi connectivity index (χ0n) is 17.6. The lowest BCUT2D eigenvalue weighted by atomic mass is 10.0. The summed E-state index contributed by atoms with van der Waals surface area (Å²) in [5.74, 6) is -0.469. The average Bonchev–Trinajstić information content (AvgIpc) is 2.74. The summed E-state index contributed by atoms with van der Waals surface area (Å²) in [4.78, 5) is 6.33. The molecule has 0 saturated carbocycles. The van der Waals surface area contributed by atoms with Gasteiger partial charge in [0.25, 0.3) is 0 Å². The minimum Gasteiger partial charge on any atom is -0.505 e. The van der Waals surface area contributed by atoms with Crippen LogP contribution in [0.1, 0.15) is 29.5 Å². The van der Waals surface area contributed by atoms with E-state index >= 15 is 0 Å². The number of nitrogens with one attached hydrogen (secondary N) is 2. The molecule has 1 saturated heterocycles. The van der Waals surface area contributed by atoms with Crippen LogP contribution in [0.2, 0.25) is 0 Å². The summed E-state index contributed by atoms with van der Waals surface area (Å²) < 4.78 is 52.1. The zero-order valence-corrected chi connectivity index (χ0v) is 20.0. The summed E-state index contributed by atoms with van der Waals surface area (Å²) in [6.07, 6.45) is -2.68. The lowest BCUT2D eigenvalue weighted by molar-refractivity contribution is -0.137. The zero-order chi connectivity index (χ0) is 22.4. The molecular weight excluding hydrogens is 539 g/mol. The van der Waals surface area contributed by atoms with Crippen LogP contribution >= 0.6 is 24.0 Å². The molecule has 0 amide bonds. The van der Waals surface area contributed by atoms with Crippen molar-refractivity contribution in [3.05, 3.63) is 65.0 Å². The van der Waals surface area contributed by atoms with E-state index in [0.29, 0.717) is 30.2 Å². The predicted molar refractivity (Wildman–Crippen MR) is 127 cm³/mol. The summed E-state index contributed by atoms with van der Waals surface area (Å²) in [6, 6.07) is 9.85. The highest BCUT2D eigenvalue weighted by Crippen LogP contribution is 2.30. The first-order chi connectivity index (χ1) is 14.7. The molecule has 1 fully saturated rings. The molecule has 3 rings (SSSR count). The largest absolute Gasteiger partial charge is 0.505 e. The number of hydrogen-bond acceptors (Lipinski definition) is 3. The quantitative estimate of drug-likeness (QED) is 0.216. The third kappa shape index (κ3) is 7.51. The van der Waals surface area contributed by atoms with Gasteiger partial charge in [-0.25, -0.2) is 4.39 Å². The van der Waals surface area contributed by atoms with Crippen molar-refractivity contribution in [2.75, 3.05) is 20.1 Å². The van der Waals surface area contributed by atoms with Crippen LogP contribution in [0.25, 0.3) is 0 Å². The van der Waals surface area contributed by atoms with Gasteiger partial charge in [-0.3, -0.25) is 9.89 Å². The molecule has 5 nitrogen and oxygen atoms in total. The Morgan fingerprint density at radius 2 is 1.84 bits per heavy atom. The van der Waals surface area contributed by atoms with Crippen molar-refractivity contribution in [2.24, 2.45) is 4.99 Å². The number of rotatable bonds is 5. The summed E-state index contributed by atoms with van der Waals surface area (Å²) in [5.41, 5.74) is 0.707. The number of benzene rings is 2. The lowest BCUT2D eigenvalue weighted by Gasteiger charge is -2.33. The van der Waals surface area contributed by atoms with Gasteiger partial charge in [0.15, 0.2) is 17.5 Å². The van der Waals surface area contributed by atoms with E-state index in [-0.39, 0.29) is 35.8 Å². The Bertz CT molecular complexity index is 915. The number of guanidine groups is 1. The summed E-state index contributed by atoms with van der Waals surface area (Å²) in [5, 5.41) is 15.7. The first-order valence-electron chi connectivity index (χ1n) is 10.1. The predicted octanol–water partition coefficient (Wildman–Crippen LogP) is 4.50. The highest BCUT2D eigenvalue weighted by molar-refractivity contribution is 14.0. The lowest BCUT2D eigenvalue weighted by Crippen LogP contribution is -2.48. The van der Waals surface area contributed by atoms with E-state index in [0.717, 1.165) is 32.0 Å². The fraction of sp³-hybridized carbons (Fsp3) is 0.409. The van der Waals surface area contributed by atoms with Crippen LogP contribution in [0.5, 0.6) is 5.75 Å². The average molecular weight is 566 g/mol. The van der Waals surface area contributed by atoms with Crippen LogP contribution < -0.4 is 10.6 Å². The third-order valence-corrected chi connectivity index (χ3v) is 5.28. The number of aliphatic imine (C=N–C) groups is 1. The fourth-order valence-corrected chi connectivity index (χ4v) is 3.57. The summed E-state index contributed by atoms with van der Waals surface area (Å²) in [6.45, 7) is 2.35. The van der Waals surface area contributed by atoms with Crippen molar-refractivity contribution in [1.82, 2.24) is 15.5 Å². The number of halogens is 5. The fourth-order valence-electron chi connectivity index (χ4n) is 3.57. The van der Waals surface area contributed by atoms with E-state index in [9.17, 15) is 22.7 Å². The van der Waals surface area contributed by atoms with E-state index in [1.807, 2.05) is 0 Å². The number of piperidine rings is 1. The summed E-state index contributed by atoms with van der Waals surface area (Å²) in [7, 11) is 1.65. The first kappa shape index (κ1) is 26.2. The number of alkyl halides is 3. The SMILES string of the molecule is CN=C(NCc1ccc(O)c(F)c1)NC1CCN(Cc2cccc(C(F)(F)F)c2)CC1.I. The molecular formula is C22H27F4IN4O. The van der Waals surface area contributed by atoms with Crippen molar-refractivity contribution in [2.45, 2.75) is 38.1 Å². The Labute approximate surface area is 201 Å². The molecule has 0 atom stereocenters. The van der Waals surface area contributed by atoms with Crippen LogP contribution in [0, 0.1) is 5.82 Å². The van der Waals surface area contributed by atoms with Gasteiger partial charge < -0.3 is 15.7 Å². The smallest absolute Gasteiger partial charge is 0.416 e. The molecule has 10 heteroatoms. The van der Waals surface area contributed by atoms with Gasteiger partial charge in [0.2, 0.25) is 0 Å². The Kier molecular flexibility index (Phi) is 9.56.